The van der Waals surface area contributed by atoms with Gasteiger partial charge in [0.1, 0.15) is 0 Å². The van der Waals surface area contributed by atoms with E-state index in [1.807, 2.05) is 17.5 Å². The molecule has 1 fully saturated rings. The van der Waals surface area contributed by atoms with Gasteiger partial charge in [-0.3, -0.25) is 5.32 Å². The number of nitrogens with zero attached hydrogens (tertiary/aromatic N) is 1. The lowest BCUT2D eigenvalue weighted by atomic mass is 10.1. The van der Waals surface area contributed by atoms with E-state index >= 15 is 0 Å². The summed E-state index contributed by atoms with van der Waals surface area (Å²) in [5.74, 6) is 0. The van der Waals surface area contributed by atoms with Crippen molar-refractivity contribution in [2.75, 3.05) is 5.32 Å². The summed E-state index contributed by atoms with van der Waals surface area (Å²) >= 11 is 1.44. The summed E-state index contributed by atoms with van der Waals surface area (Å²) < 4.78 is 0. The number of aromatic nitrogens is 1. The maximum absolute atomic E-state index is 11.6. The van der Waals surface area contributed by atoms with Crippen LogP contribution in [0.25, 0.3) is 11.3 Å². The molecule has 0 aliphatic heterocycles. The van der Waals surface area contributed by atoms with Crippen molar-refractivity contribution in [1.82, 2.24) is 10.3 Å². The van der Waals surface area contributed by atoms with Crippen molar-refractivity contribution in [3.05, 3.63) is 35.2 Å². The van der Waals surface area contributed by atoms with E-state index in [0.717, 1.165) is 24.1 Å². The van der Waals surface area contributed by atoms with E-state index < -0.39 is 0 Å². The molecule has 1 saturated carbocycles. The standard InChI is InChI=1S/C14H15N3OS/c1-9-2-4-10(5-3-9)12-8-19-14(16-12)17-13(18)15-11-6-7-11/h2-5,8,11H,6-7H2,1H3,(H2,15,16,17,18). The summed E-state index contributed by atoms with van der Waals surface area (Å²) in [6, 6.07) is 8.39. The molecule has 1 heterocycles. The summed E-state index contributed by atoms with van der Waals surface area (Å²) in [5, 5.41) is 8.24. The Hall–Kier alpha value is -1.88. The number of amides is 2. The van der Waals surface area contributed by atoms with Gasteiger partial charge in [0.25, 0.3) is 0 Å². The van der Waals surface area contributed by atoms with Crippen molar-refractivity contribution in [1.29, 1.82) is 0 Å². The predicted octanol–water partition coefficient (Wildman–Crippen LogP) is 3.40. The van der Waals surface area contributed by atoms with Gasteiger partial charge in [-0.2, -0.15) is 0 Å². The maximum Gasteiger partial charge on any atom is 0.321 e. The number of urea groups is 1. The molecule has 1 aromatic carbocycles. The number of nitrogens with one attached hydrogen (secondary N) is 2. The van der Waals surface area contributed by atoms with Crippen LogP contribution in [0.3, 0.4) is 0 Å². The van der Waals surface area contributed by atoms with Gasteiger partial charge in [0.05, 0.1) is 5.69 Å². The first-order valence-electron chi connectivity index (χ1n) is 6.31. The molecule has 2 N–H and O–H groups in total. The van der Waals surface area contributed by atoms with Crippen LogP contribution >= 0.6 is 11.3 Å². The van der Waals surface area contributed by atoms with Gasteiger partial charge in [-0.15, -0.1) is 11.3 Å². The number of carbonyl (C=O) groups excluding carboxylic acids is 1. The summed E-state index contributed by atoms with van der Waals surface area (Å²) in [5.41, 5.74) is 3.19. The molecule has 0 radical (unpaired) electrons. The third-order valence-corrected chi connectivity index (χ3v) is 3.74. The van der Waals surface area contributed by atoms with E-state index in [0.29, 0.717) is 11.2 Å². The Labute approximate surface area is 115 Å². The van der Waals surface area contributed by atoms with Crippen LogP contribution in [0.4, 0.5) is 9.93 Å². The molecule has 0 atom stereocenters. The van der Waals surface area contributed by atoms with E-state index in [1.54, 1.807) is 0 Å². The molecule has 0 saturated heterocycles. The van der Waals surface area contributed by atoms with Crippen LogP contribution in [-0.4, -0.2) is 17.1 Å². The zero-order valence-electron chi connectivity index (χ0n) is 10.6. The highest BCUT2D eigenvalue weighted by Crippen LogP contribution is 2.25. The van der Waals surface area contributed by atoms with Crippen molar-refractivity contribution in [3.63, 3.8) is 0 Å². The molecule has 98 valence electrons. The number of carbonyl (C=O) groups is 1. The molecule has 1 aliphatic carbocycles. The molecule has 5 heteroatoms. The van der Waals surface area contributed by atoms with Gasteiger partial charge in [-0.25, -0.2) is 9.78 Å². The molecular weight excluding hydrogens is 258 g/mol. The fraction of sp³-hybridized carbons (Fsp3) is 0.286. The topological polar surface area (TPSA) is 54.0 Å². The zero-order chi connectivity index (χ0) is 13.2. The highest BCUT2D eigenvalue weighted by molar-refractivity contribution is 7.14. The minimum absolute atomic E-state index is 0.160. The monoisotopic (exact) mass is 273 g/mol. The van der Waals surface area contributed by atoms with E-state index in [-0.39, 0.29) is 6.03 Å². The average molecular weight is 273 g/mol. The van der Waals surface area contributed by atoms with Crippen molar-refractivity contribution in [2.45, 2.75) is 25.8 Å². The smallest absolute Gasteiger partial charge is 0.321 e. The average Bonchev–Trinajstić information content (AvgIpc) is 3.07. The van der Waals surface area contributed by atoms with Gasteiger partial charge in [0, 0.05) is 17.0 Å². The maximum atomic E-state index is 11.6. The molecule has 2 aromatic rings. The lowest BCUT2D eigenvalue weighted by molar-refractivity contribution is 0.251. The van der Waals surface area contributed by atoms with Gasteiger partial charge in [-0.1, -0.05) is 29.8 Å². The summed E-state index contributed by atoms with van der Waals surface area (Å²) in [6.45, 7) is 2.06. The van der Waals surface area contributed by atoms with Crippen LogP contribution in [0.5, 0.6) is 0 Å². The Morgan fingerprint density at radius 1 is 1.32 bits per heavy atom. The number of thiazole rings is 1. The lowest BCUT2D eigenvalue weighted by Crippen LogP contribution is -2.30. The molecular formula is C14H15N3OS. The largest absolute Gasteiger partial charge is 0.335 e. The van der Waals surface area contributed by atoms with Crippen LogP contribution in [0, 0.1) is 6.92 Å². The molecule has 0 spiro atoms. The summed E-state index contributed by atoms with van der Waals surface area (Å²) in [7, 11) is 0. The molecule has 0 unspecified atom stereocenters. The fourth-order valence-corrected chi connectivity index (χ4v) is 2.45. The van der Waals surface area contributed by atoms with Crippen molar-refractivity contribution in [2.24, 2.45) is 0 Å². The normalized spacial score (nSPS) is 14.2. The summed E-state index contributed by atoms with van der Waals surface area (Å²) in [6.07, 6.45) is 2.17. The first-order chi connectivity index (χ1) is 9.20. The Balaban J connectivity index is 1.68. The first-order valence-corrected chi connectivity index (χ1v) is 7.19. The van der Waals surface area contributed by atoms with Crippen LogP contribution in [0.1, 0.15) is 18.4 Å². The van der Waals surface area contributed by atoms with Crippen LogP contribution in [0.2, 0.25) is 0 Å². The highest BCUT2D eigenvalue weighted by atomic mass is 32.1. The second kappa shape index (κ2) is 5.01. The molecule has 2 amide bonds. The third kappa shape index (κ3) is 3.12. The second-order valence-corrected chi connectivity index (χ2v) is 5.63. The van der Waals surface area contributed by atoms with Gasteiger partial charge in [0.15, 0.2) is 5.13 Å². The molecule has 4 nitrogen and oxygen atoms in total. The van der Waals surface area contributed by atoms with Gasteiger partial charge < -0.3 is 5.32 Å². The van der Waals surface area contributed by atoms with E-state index in [2.05, 4.69) is 34.7 Å². The Bertz CT molecular complexity index is 587. The fourth-order valence-electron chi connectivity index (χ4n) is 1.73. The van der Waals surface area contributed by atoms with Crippen molar-refractivity contribution >= 4 is 22.5 Å². The molecule has 3 rings (SSSR count). The van der Waals surface area contributed by atoms with Gasteiger partial charge in [-0.05, 0) is 19.8 Å². The minimum atomic E-state index is -0.160. The summed E-state index contributed by atoms with van der Waals surface area (Å²) in [4.78, 5) is 16.0. The van der Waals surface area contributed by atoms with Crippen molar-refractivity contribution < 1.29 is 4.79 Å². The number of rotatable bonds is 3. The second-order valence-electron chi connectivity index (χ2n) is 4.78. The predicted molar refractivity (Wildman–Crippen MR) is 77.5 cm³/mol. The van der Waals surface area contributed by atoms with E-state index in [1.165, 1.54) is 16.9 Å². The van der Waals surface area contributed by atoms with Crippen molar-refractivity contribution in [3.8, 4) is 11.3 Å². The number of anilines is 1. The Kier molecular flexibility index (Phi) is 3.21. The quantitative estimate of drug-likeness (QED) is 0.900. The van der Waals surface area contributed by atoms with Gasteiger partial charge in [0.2, 0.25) is 0 Å². The van der Waals surface area contributed by atoms with Crippen LogP contribution < -0.4 is 10.6 Å². The van der Waals surface area contributed by atoms with E-state index in [9.17, 15) is 4.79 Å². The Morgan fingerprint density at radius 3 is 2.74 bits per heavy atom. The van der Waals surface area contributed by atoms with Crippen LogP contribution in [0.15, 0.2) is 29.6 Å². The van der Waals surface area contributed by atoms with Gasteiger partial charge >= 0.3 is 6.03 Å². The lowest BCUT2D eigenvalue weighted by Gasteiger charge is -2.02. The minimum Gasteiger partial charge on any atom is -0.335 e. The van der Waals surface area contributed by atoms with Crippen LogP contribution in [-0.2, 0) is 0 Å². The number of hydrogen-bond acceptors (Lipinski definition) is 3. The molecule has 1 aromatic heterocycles. The number of hydrogen-bond donors (Lipinski definition) is 2. The molecule has 0 bridgehead atoms. The molecule has 1 aliphatic rings. The third-order valence-electron chi connectivity index (χ3n) is 2.98. The zero-order valence-corrected chi connectivity index (χ0v) is 11.5. The highest BCUT2D eigenvalue weighted by Gasteiger charge is 2.23. The number of aryl methyl sites for hydroxylation is 1. The first kappa shape index (κ1) is 12.2. The molecule has 19 heavy (non-hydrogen) atoms. The number of benzene rings is 1. The Morgan fingerprint density at radius 2 is 2.05 bits per heavy atom. The van der Waals surface area contributed by atoms with E-state index in [4.69, 9.17) is 0 Å². The SMILES string of the molecule is Cc1ccc(-c2csc(NC(=O)NC3CC3)n2)cc1.